The van der Waals surface area contributed by atoms with Crippen LogP contribution >= 0.6 is 0 Å². The number of benzene rings is 1. The number of rotatable bonds is 0. The van der Waals surface area contributed by atoms with Gasteiger partial charge in [0.25, 0.3) is 0 Å². The van der Waals surface area contributed by atoms with Crippen molar-refractivity contribution < 1.29 is 4.57 Å². The summed E-state index contributed by atoms with van der Waals surface area (Å²) < 4.78 is 2.46. The Hall–Kier alpha value is -1.89. The van der Waals surface area contributed by atoms with Gasteiger partial charge in [0.15, 0.2) is 18.4 Å². The van der Waals surface area contributed by atoms with Crippen LogP contribution in [0.3, 0.4) is 0 Å². The van der Waals surface area contributed by atoms with E-state index in [4.69, 9.17) is 0 Å². The maximum Gasteiger partial charge on any atom is 0.199 e. The van der Waals surface area contributed by atoms with Gasteiger partial charge < -0.3 is 0 Å². The maximum absolute atomic E-state index is 2.46. The maximum atomic E-state index is 2.46. The molecule has 0 radical (unpaired) electrons. The lowest BCUT2D eigenvalue weighted by Crippen LogP contribution is -2.49. The zero-order chi connectivity index (χ0) is 11.7. The van der Waals surface area contributed by atoms with Gasteiger partial charge in [-0.25, -0.2) is 0 Å². The van der Waals surface area contributed by atoms with Gasteiger partial charge in [0.2, 0.25) is 0 Å². The molecule has 1 atom stereocenters. The molecule has 0 bridgehead atoms. The molecule has 86 valence electrons. The van der Waals surface area contributed by atoms with Crippen molar-refractivity contribution >= 4 is 6.08 Å². The normalized spacial score (nSPS) is 25.1. The Labute approximate surface area is 106 Å². The van der Waals surface area contributed by atoms with E-state index >= 15 is 0 Å². The number of pyridine rings is 1. The highest BCUT2D eigenvalue weighted by molar-refractivity contribution is 5.71. The van der Waals surface area contributed by atoms with Gasteiger partial charge in [0, 0.05) is 17.2 Å². The molecule has 0 fully saturated rings. The predicted molar refractivity (Wildman–Crippen MR) is 70.3 cm³/mol. The average Bonchev–Trinajstić information content (AvgIpc) is 2.96. The van der Waals surface area contributed by atoms with Crippen molar-refractivity contribution in [2.45, 2.75) is 24.8 Å². The van der Waals surface area contributed by atoms with Crippen molar-refractivity contribution in [3.8, 4) is 0 Å². The number of aryl methyl sites for hydroxylation is 1. The lowest BCUT2D eigenvalue weighted by atomic mass is 9.75. The van der Waals surface area contributed by atoms with E-state index in [-0.39, 0.29) is 5.41 Å². The molecule has 1 aromatic carbocycles. The Morgan fingerprint density at radius 3 is 3.00 bits per heavy atom. The summed E-state index contributed by atoms with van der Waals surface area (Å²) in [7, 11) is 0. The van der Waals surface area contributed by atoms with Crippen molar-refractivity contribution in [2.24, 2.45) is 0 Å². The molecule has 2 aromatic rings. The lowest BCUT2D eigenvalue weighted by molar-refractivity contribution is -0.700. The SMILES string of the molecule is C1=CC23CCc4ccc[n+](c42)Cc2cccc1c23. The minimum absolute atomic E-state index is 0.195. The van der Waals surface area contributed by atoms with E-state index in [1.54, 1.807) is 16.8 Å². The molecule has 3 aliphatic rings. The fourth-order valence-electron chi connectivity index (χ4n) is 4.27. The van der Waals surface area contributed by atoms with Crippen LogP contribution in [0.25, 0.3) is 6.08 Å². The quantitative estimate of drug-likeness (QED) is 0.615. The van der Waals surface area contributed by atoms with Crippen LogP contribution in [-0.2, 0) is 18.4 Å². The van der Waals surface area contributed by atoms with Crippen molar-refractivity contribution in [3.05, 3.63) is 70.6 Å². The Morgan fingerprint density at radius 2 is 2.00 bits per heavy atom. The van der Waals surface area contributed by atoms with Gasteiger partial charge in [-0.1, -0.05) is 30.4 Å². The van der Waals surface area contributed by atoms with Gasteiger partial charge in [0.05, 0.1) is 5.41 Å². The fourth-order valence-corrected chi connectivity index (χ4v) is 4.27. The van der Waals surface area contributed by atoms with Crippen LogP contribution in [0.2, 0.25) is 0 Å². The third kappa shape index (κ3) is 0.828. The van der Waals surface area contributed by atoms with E-state index in [9.17, 15) is 0 Å². The third-order valence-corrected chi connectivity index (χ3v) is 4.88. The van der Waals surface area contributed by atoms with E-state index in [1.165, 1.54) is 24.0 Å². The van der Waals surface area contributed by atoms with Crippen LogP contribution in [-0.4, -0.2) is 0 Å². The predicted octanol–water partition coefficient (Wildman–Crippen LogP) is 2.59. The highest BCUT2D eigenvalue weighted by atomic mass is 15.0. The lowest BCUT2D eigenvalue weighted by Gasteiger charge is -2.28. The second kappa shape index (κ2) is 2.74. The summed E-state index contributed by atoms with van der Waals surface area (Å²) in [5, 5.41) is 0. The fraction of sp³-hybridized carbons (Fsp3) is 0.235. The number of hydrogen-bond donors (Lipinski definition) is 0. The molecule has 1 heteroatoms. The van der Waals surface area contributed by atoms with E-state index < -0.39 is 0 Å². The van der Waals surface area contributed by atoms with Crippen LogP contribution in [0.4, 0.5) is 0 Å². The minimum Gasteiger partial charge on any atom is -0.197 e. The molecule has 0 saturated heterocycles. The largest absolute Gasteiger partial charge is 0.199 e. The minimum atomic E-state index is 0.195. The second-order valence-corrected chi connectivity index (χ2v) is 5.70. The van der Waals surface area contributed by atoms with Gasteiger partial charge in [-0.2, -0.15) is 4.57 Å². The van der Waals surface area contributed by atoms with Crippen LogP contribution in [0, 0.1) is 0 Å². The topological polar surface area (TPSA) is 3.88 Å². The van der Waals surface area contributed by atoms with Gasteiger partial charge in [-0.3, -0.25) is 0 Å². The third-order valence-electron chi connectivity index (χ3n) is 4.88. The number of hydrogen-bond acceptors (Lipinski definition) is 0. The molecule has 0 N–H and O–H groups in total. The first kappa shape index (κ1) is 9.09. The summed E-state index contributed by atoms with van der Waals surface area (Å²) in [5.74, 6) is 0. The number of allylic oxidation sites excluding steroid dienone is 1. The highest BCUT2D eigenvalue weighted by Crippen LogP contribution is 2.51. The summed E-state index contributed by atoms with van der Waals surface area (Å²) in [6.07, 6.45) is 9.48. The van der Waals surface area contributed by atoms with E-state index in [0.717, 1.165) is 6.54 Å². The monoisotopic (exact) mass is 232 g/mol. The van der Waals surface area contributed by atoms with Crippen LogP contribution in [0.1, 0.15) is 34.4 Å². The number of nitrogens with zero attached hydrogens (tertiary/aromatic N) is 1. The molecule has 5 rings (SSSR count). The average molecular weight is 232 g/mol. The standard InChI is InChI=1S/C17H14N/c1-3-12-6-8-17-9-7-13-5-2-10-18(16(13)17)11-14(4-1)15(12)17/h1-6,8,10H,7,9,11H2/q+1. The number of aromatic nitrogens is 1. The van der Waals surface area contributed by atoms with Crippen molar-refractivity contribution in [3.63, 3.8) is 0 Å². The Kier molecular flexibility index (Phi) is 1.39. The molecule has 1 spiro atoms. The summed E-state index contributed by atoms with van der Waals surface area (Å²) >= 11 is 0. The van der Waals surface area contributed by atoms with Gasteiger partial charge in [-0.15, -0.1) is 0 Å². The van der Waals surface area contributed by atoms with E-state index in [2.05, 4.69) is 53.2 Å². The van der Waals surface area contributed by atoms with Gasteiger partial charge in [-0.05, 0) is 30.0 Å². The smallest absolute Gasteiger partial charge is 0.197 e. The highest BCUT2D eigenvalue weighted by Gasteiger charge is 2.52. The zero-order valence-corrected chi connectivity index (χ0v) is 10.2. The molecule has 2 aliphatic carbocycles. The molecular weight excluding hydrogens is 218 g/mol. The van der Waals surface area contributed by atoms with Crippen LogP contribution < -0.4 is 4.57 Å². The summed E-state index contributed by atoms with van der Waals surface area (Å²) in [6.45, 7) is 1.04. The Bertz CT molecular complexity index is 726. The van der Waals surface area contributed by atoms with Crippen LogP contribution in [0.15, 0.2) is 42.6 Å². The first-order chi connectivity index (χ1) is 8.88. The molecule has 1 nitrogen and oxygen atoms in total. The van der Waals surface area contributed by atoms with Gasteiger partial charge >= 0.3 is 0 Å². The summed E-state index contributed by atoms with van der Waals surface area (Å²) in [4.78, 5) is 0. The van der Waals surface area contributed by atoms with E-state index in [1.807, 2.05) is 0 Å². The molecule has 1 aromatic heterocycles. The summed E-state index contributed by atoms with van der Waals surface area (Å²) in [5.41, 5.74) is 7.84. The van der Waals surface area contributed by atoms with Crippen LogP contribution in [0.5, 0.6) is 0 Å². The molecule has 2 heterocycles. The van der Waals surface area contributed by atoms with Crippen molar-refractivity contribution in [1.82, 2.24) is 0 Å². The van der Waals surface area contributed by atoms with Gasteiger partial charge in [0.1, 0.15) is 0 Å². The Morgan fingerprint density at radius 1 is 1.06 bits per heavy atom. The first-order valence-corrected chi connectivity index (χ1v) is 6.72. The molecule has 1 unspecified atom stereocenters. The molecule has 1 aliphatic heterocycles. The first-order valence-electron chi connectivity index (χ1n) is 6.72. The second-order valence-electron chi connectivity index (χ2n) is 5.70. The van der Waals surface area contributed by atoms with E-state index in [0.29, 0.717) is 0 Å². The molecule has 18 heavy (non-hydrogen) atoms. The Balaban J connectivity index is 1.97. The zero-order valence-electron chi connectivity index (χ0n) is 10.2. The summed E-state index contributed by atoms with van der Waals surface area (Å²) in [6, 6.07) is 11.3. The molecular formula is C17H14N+. The molecule has 0 amide bonds. The van der Waals surface area contributed by atoms with Crippen molar-refractivity contribution in [2.75, 3.05) is 0 Å². The molecule has 0 saturated carbocycles. The van der Waals surface area contributed by atoms with Crippen molar-refractivity contribution in [1.29, 1.82) is 0 Å².